The van der Waals surface area contributed by atoms with Crippen molar-refractivity contribution in [2.45, 2.75) is 6.92 Å². The number of thiophene rings is 1. The van der Waals surface area contributed by atoms with Crippen molar-refractivity contribution >= 4 is 11.3 Å². The smallest absolute Gasteiger partial charge is 0.0902 e. The first kappa shape index (κ1) is 20.9. The summed E-state index contributed by atoms with van der Waals surface area (Å²) in [7, 11) is 0. The molecule has 0 fully saturated rings. The number of rotatable bonds is 0. The van der Waals surface area contributed by atoms with Crippen molar-refractivity contribution < 1.29 is 17.7 Å². The molecule has 0 N–H and O–H groups in total. The number of hydrogen-bond acceptors (Lipinski definition) is 5. The monoisotopic (exact) mass is 370 g/mol. The van der Waals surface area contributed by atoms with Crippen molar-refractivity contribution in [3.63, 3.8) is 0 Å². The van der Waals surface area contributed by atoms with Crippen LogP contribution in [0.25, 0.3) is 0 Å². The Hall–Kier alpha value is -3.18. The van der Waals surface area contributed by atoms with E-state index < -0.39 is 0 Å². The average Bonchev–Trinajstić information content (AvgIpc) is 3.54. The molecule has 0 radical (unpaired) electrons. The highest BCUT2D eigenvalue weighted by Gasteiger charge is 1.74. The highest BCUT2D eigenvalue weighted by atomic mass is 32.1. The molecule has 5 rings (SSSR count). The molecule has 5 aromatic heterocycles. The summed E-state index contributed by atoms with van der Waals surface area (Å²) >= 11 is 1.78. The molecule has 0 saturated heterocycles. The first-order valence-electron chi connectivity index (χ1n) is 7.78. The number of aryl methyl sites for hydroxylation is 1. The Labute approximate surface area is 157 Å². The van der Waals surface area contributed by atoms with Gasteiger partial charge in [0.1, 0.15) is 0 Å². The summed E-state index contributed by atoms with van der Waals surface area (Å²) in [4.78, 5) is 1.38. The zero-order valence-corrected chi connectivity index (χ0v) is 15.3. The summed E-state index contributed by atoms with van der Waals surface area (Å²) in [5.74, 6) is 0. The Kier molecular flexibility index (Phi) is 13.4. The number of furan rings is 4. The van der Waals surface area contributed by atoms with E-state index in [1.165, 1.54) is 4.88 Å². The molecular weight excluding hydrogens is 348 g/mol. The average molecular weight is 370 g/mol. The van der Waals surface area contributed by atoms with Crippen molar-refractivity contribution in [3.8, 4) is 0 Å². The van der Waals surface area contributed by atoms with Crippen LogP contribution in [-0.2, 0) is 0 Å². The van der Waals surface area contributed by atoms with Crippen LogP contribution in [0.5, 0.6) is 0 Å². The lowest BCUT2D eigenvalue weighted by Gasteiger charge is -1.65. The van der Waals surface area contributed by atoms with Crippen LogP contribution in [0.1, 0.15) is 4.88 Å². The Balaban J connectivity index is 0.000000163. The molecule has 0 amide bonds. The summed E-state index contributed by atoms with van der Waals surface area (Å²) in [5.41, 5.74) is 0. The molecule has 136 valence electrons. The van der Waals surface area contributed by atoms with Crippen LogP contribution in [0.3, 0.4) is 0 Å². The zero-order valence-electron chi connectivity index (χ0n) is 14.5. The molecule has 0 saturated carbocycles. The van der Waals surface area contributed by atoms with E-state index in [1.807, 2.05) is 48.5 Å². The van der Waals surface area contributed by atoms with E-state index in [4.69, 9.17) is 0 Å². The molecule has 4 nitrogen and oxygen atoms in total. The molecule has 0 bridgehead atoms. The van der Waals surface area contributed by atoms with Gasteiger partial charge in [-0.05, 0) is 66.9 Å². The van der Waals surface area contributed by atoms with E-state index in [-0.39, 0.29) is 0 Å². The molecule has 0 unspecified atom stereocenters. The van der Waals surface area contributed by atoms with E-state index in [0.29, 0.717) is 0 Å². The van der Waals surface area contributed by atoms with Gasteiger partial charge >= 0.3 is 0 Å². The molecule has 5 heteroatoms. The molecule has 0 aromatic carbocycles. The fourth-order valence-corrected chi connectivity index (χ4v) is 1.80. The lowest BCUT2D eigenvalue weighted by Crippen LogP contribution is -1.42. The molecule has 5 aromatic rings. The van der Waals surface area contributed by atoms with Crippen LogP contribution in [0.2, 0.25) is 0 Å². The van der Waals surface area contributed by atoms with Gasteiger partial charge in [-0.3, -0.25) is 0 Å². The highest BCUT2D eigenvalue weighted by Crippen LogP contribution is 2.03. The van der Waals surface area contributed by atoms with Crippen molar-refractivity contribution in [1.82, 2.24) is 0 Å². The maximum atomic E-state index is 4.58. The lowest BCUT2D eigenvalue weighted by atomic mass is 10.5. The van der Waals surface area contributed by atoms with Crippen LogP contribution in [-0.4, -0.2) is 0 Å². The third-order valence-electron chi connectivity index (χ3n) is 2.36. The molecule has 0 atom stereocenters. The van der Waals surface area contributed by atoms with Gasteiger partial charge in [-0.15, -0.1) is 11.3 Å². The van der Waals surface area contributed by atoms with Crippen LogP contribution < -0.4 is 0 Å². The molecule has 0 aliphatic carbocycles. The Morgan fingerprint density at radius 3 is 0.885 bits per heavy atom. The van der Waals surface area contributed by atoms with Crippen molar-refractivity contribution in [3.05, 3.63) is 121 Å². The first-order chi connectivity index (χ1) is 12.9. The SMILES string of the molecule is Cc1cccs1.c1ccoc1.c1ccoc1.c1ccoc1.c1ccoc1. The fraction of sp³-hybridized carbons (Fsp3) is 0.0476. The largest absolute Gasteiger partial charge is 0.473 e. The summed E-state index contributed by atoms with van der Waals surface area (Å²) < 4.78 is 18.3. The van der Waals surface area contributed by atoms with Crippen molar-refractivity contribution in [2.24, 2.45) is 0 Å². The second-order valence-electron chi connectivity index (χ2n) is 4.40. The molecular formula is C21H22O4S. The third kappa shape index (κ3) is 14.4. The van der Waals surface area contributed by atoms with Crippen molar-refractivity contribution in [2.75, 3.05) is 0 Å². The van der Waals surface area contributed by atoms with Gasteiger partial charge in [0.2, 0.25) is 0 Å². The summed E-state index contributed by atoms with van der Waals surface area (Å²) in [5, 5.41) is 2.08. The molecule has 26 heavy (non-hydrogen) atoms. The van der Waals surface area contributed by atoms with Crippen LogP contribution in [0.4, 0.5) is 0 Å². The van der Waals surface area contributed by atoms with Gasteiger partial charge in [0.15, 0.2) is 0 Å². The van der Waals surface area contributed by atoms with Crippen LogP contribution in [0, 0.1) is 6.92 Å². The van der Waals surface area contributed by atoms with Gasteiger partial charge in [0, 0.05) is 4.88 Å². The van der Waals surface area contributed by atoms with Crippen molar-refractivity contribution in [1.29, 1.82) is 0 Å². The quantitative estimate of drug-likeness (QED) is 0.290. The van der Waals surface area contributed by atoms with E-state index in [2.05, 4.69) is 42.1 Å². The fourth-order valence-electron chi connectivity index (χ4n) is 1.27. The second kappa shape index (κ2) is 16.7. The molecule has 5 heterocycles. The summed E-state index contributed by atoms with van der Waals surface area (Å²) in [6.07, 6.45) is 13.0. The standard InChI is InChI=1S/C5H6S.4C4H4O/c1-5-3-2-4-6-5;4*1-2-4-5-3-1/h2-4H,1H3;4*1-4H. The van der Waals surface area contributed by atoms with Gasteiger partial charge in [0.25, 0.3) is 0 Å². The van der Waals surface area contributed by atoms with Gasteiger partial charge in [-0.2, -0.15) is 0 Å². The first-order valence-corrected chi connectivity index (χ1v) is 8.66. The Morgan fingerprint density at radius 2 is 0.808 bits per heavy atom. The summed E-state index contributed by atoms with van der Waals surface area (Å²) in [6, 6.07) is 18.8. The topological polar surface area (TPSA) is 52.6 Å². The maximum absolute atomic E-state index is 4.58. The summed E-state index contributed by atoms with van der Waals surface area (Å²) in [6.45, 7) is 2.10. The van der Waals surface area contributed by atoms with Gasteiger partial charge in [-0.25, -0.2) is 0 Å². The molecule has 0 aliphatic rings. The Bertz CT molecular complexity index is 565. The van der Waals surface area contributed by atoms with E-state index in [1.54, 1.807) is 61.4 Å². The van der Waals surface area contributed by atoms with Gasteiger partial charge < -0.3 is 17.7 Å². The number of hydrogen-bond donors (Lipinski definition) is 0. The maximum Gasteiger partial charge on any atom is 0.0902 e. The van der Waals surface area contributed by atoms with Gasteiger partial charge in [-0.1, -0.05) is 6.07 Å². The molecule has 0 spiro atoms. The van der Waals surface area contributed by atoms with E-state index >= 15 is 0 Å². The van der Waals surface area contributed by atoms with Gasteiger partial charge in [0.05, 0.1) is 50.1 Å². The van der Waals surface area contributed by atoms with E-state index in [9.17, 15) is 0 Å². The lowest BCUT2D eigenvalue weighted by molar-refractivity contribution is 0.567. The Morgan fingerprint density at radius 1 is 0.500 bits per heavy atom. The normalized spacial score (nSPS) is 8.19. The molecule has 0 aliphatic heterocycles. The highest BCUT2D eigenvalue weighted by molar-refractivity contribution is 7.09. The van der Waals surface area contributed by atoms with Crippen LogP contribution in [0.15, 0.2) is 134 Å². The zero-order chi connectivity index (χ0) is 18.5. The minimum Gasteiger partial charge on any atom is -0.473 e. The predicted molar refractivity (Wildman–Crippen MR) is 104 cm³/mol. The minimum absolute atomic E-state index is 1.38. The van der Waals surface area contributed by atoms with E-state index in [0.717, 1.165) is 0 Å². The predicted octanol–water partition coefficient (Wildman–Crippen LogP) is 7.17. The third-order valence-corrected chi connectivity index (χ3v) is 3.17. The minimum atomic E-state index is 1.38. The van der Waals surface area contributed by atoms with Crippen LogP contribution >= 0.6 is 11.3 Å². The second-order valence-corrected chi connectivity index (χ2v) is 5.55.